The van der Waals surface area contributed by atoms with Crippen LogP contribution in [0.3, 0.4) is 0 Å². The Labute approximate surface area is 145 Å². The van der Waals surface area contributed by atoms with Gasteiger partial charge in [-0.05, 0) is 55.9 Å². The molecule has 1 amide bonds. The summed E-state index contributed by atoms with van der Waals surface area (Å²) in [5.74, 6) is 1.44. The molecule has 24 heavy (non-hydrogen) atoms. The van der Waals surface area contributed by atoms with Crippen LogP contribution >= 0.6 is 11.3 Å². The zero-order valence-corrected chi connectivity index (χ0v) is 14.8. The molecule has 2 aromatic heterocycles. The Morgan fingerprint density at radius 3 is 2.83 bits per heavy atom. The number of ether oxygens (including phenoxy) is 1. The molecule has 2 aromatic rings. The van der Waals surface area contributed by atoms with Gasteiger partial charge in [-0.25, -0.2) is 9.97 Å². The summed E-state index contributed by atoms with van der Waals surface area (Å²) in [4.78, 5) is 22.6. The second kappa shape index (κ2) is 6.31. The van der Waals surface area contributed by atoms with Crippen LogP contribution in [0, 0.1) is 5.92 Å². The Balaban J connectivity index is 1.68. The highest BCUT2D eigenvalue weighted by molar-refractivity contribution is 7.19. The maximum absolute atomic E-state index is 11.4. The molecule has 4 rings (SSSR count). The van der Waals surface area contributed by atoms with Crippen molar-refractivity contribution in [2.24, 2.45) is 11.7 Å². The topological polar surface area (TPSA) is 78.1 Å². The van der Waals surface area contributed by atoms with Gasteiger partial charge in [0.25, 0.3) is 0 Å². The molecular weight excluding hydrogens is 322 g/mol. The number of primary amides is 1. The number of rotatable bonds is 4. The summed E-state index contributed by atoms with van der Waals surface area (Å²) in [7, 11) is 0. The minimum Gasteiger partial charge on any atom is -0.474 e. The molecule has 6 heteroatoms. The monoisotopic (exact) mass is 345 g/mol. The highest BCUT2D eigenvalue weighted by Gasteiger charge is 2.31. The third kappa shape index (κ3) is 2.88. The number of amides is 1. The van der Waals surface area contributed by atoms with Crippen LogP contribution in [0.15, 0.2) is 6.33 Å². The first kappa shape index (κ1) is 15.8. The van der Waals surface area contributed by atoms with E-state index in [4.69, 9.17) is 10.5 Å². The molecule has 1 fully saturated rings. The normalized spacial score (nSPS) is 26.5. The van der Waals surface area contributed by atoms with E-state index in [9.17, 15) is 4.79 Å². The summed E-state index contributed by atoms with van der Waals surface area (Å²) in [6.07, 6.45) is 8.81. The number of carbonyl (C=O) groups excluding carboxylic acids is 1. The fourth-order valence-electron chi connectivity index (χ4n) is 4.08. The molecule has 5 nitrogen and oxygen atoms in total. The Bertz CT molecular complexity index is 765. The molecular formula is C18H23N3O2S. The smallest absolute Gasteiger partial charge is 0.225 e. The first-order valence-electron chi connectivity index (χ1n) is 8.83. The summed E-state index contributed by atoms with van der Waals surface area (Å²) >= 11 is 1.71. The van der Waals surface area contributed by atoms with Crippen molar-refractivity contribution in [1.82, 2.24) is 9.97 Å². The number of fused-ring (bicyclic) bond motifs is 3. The Hall–Kier alpha value is -1.69. The van der Waals surface area contributed by atoms with E-state index in [2.05, 4.69) is 16.9 Å². The second-order valence-corrected chi connectivity index (χ2v) is 8.29. The average Bonchev–Trinajstić information content (AvgIpc) is 3.09. The quantitative estimate of drug-likeness (QED) is 0.919. The molecule has 2 N–H and O–H groups in total. The lowest BCUT2D eigenvalue weighted by molar-refractivity contribution is -0.118. The van der Waals surface area contributed by atoms with Gasteiger partial charge in [-0.2, -0.15) is 0 Å². The first-order chi connectivity index (χ1) is 11.6. The highest BCUT2D eigenvalue weighted by Crippen LogP contribution is 2.47. The van der Waals surface area contributed by atoms with Crippen molar-refractivity contribution in [3.05, 3.63) is 16.8 Å². The zero-order chi connectivity index (χ0) is 16.7. The molecule has 2 heterocycles. The van der Waals surface area contributed by atoms with Crippen LogP contribution in [0.4, 0.5) is 0 Å². The lowest BCUT2D eigenvalue weighted by Crippen LogP contribution is -2.23. The molecule has 1 atom stereocenters. The number of hydrogen-bond donors (Lipinski definition) is 1. The van der Waals surface area contributed by atoms with Gasteiger partial charge in [0.1, 0.15) is 17.3 Å². The van der Waals surface area contributed by atoms with Gasteiger partial charge in [-0.3, -0.25) is 4.79 Å². The molecule has 0 spiro atoms. The number of carbonyl (C=O) groups is 1. The highest BCUT2D eigenvalue weighted by atomic mass is 32.1. The lowest BCUT2D eigenvalue weighted by atomic mass is 9.89. The van der Waals surface area contributed by atoms with Gasteiger partial charge in [0.05, 0.1) is 5.39 Å². The van der Waals surface area contributed by atoms with Gasteiger partial charge in [0.2, 0.25) is 11.8 Å². The summed E-state index contributed by atoms with van der Waals surface area (Å²) in [6, 6.07) is 0. The maximum Gasteiger partial charge on any atom is 0.225 e. The summed E-state index contributed by atoms with van der Waals surface area (Å²) in [6.45, 7) is 2.30. The maximum atomic E-state index is 11.4. The molecule has 0 aromatic carbocycles. The lowest BCUT2D eigenvalue weighted by Gasteiger charge is -2.26. The van der Waals surface area contributed by atoms with E-state index < -0.39 is 0 Å². The van der Waals surface area contributed by atoms with Crippen LogP contribution in [0.25, 0.3) is 10.2 Å². The average molecular weight is 345 g/mol. The molecule has 0 bridgehead atoms. The van der Waals surface area contributed by atoms with E-state index in [0.717, 1.165) is 41.8 Å². The van der Waals surface area contributed by atoms with Crippen LogP contribution in [0.1, 0.15) is 61.8 Å². The van der Waals surface area contributed by atoms with Crippen LogP contribution in [0.5, 0.6) is 5.88 Å². The molecule has 1 saturated carbocycles. The van der Waals surface area contributed by atoms with Crippen LogP contribution in [0.2, 0.25) is 0 Å². The van der Waals surface area contributed by atoms with E-state index in [1.165, 1.54) is 23.3 Å². The molecule has 2 aliphatic rings. The number of aromatic nitrogens is 2. The van der Waals surface area contributed by atoms with Gasteiger partial charge >= 0.3 is 0 Å². The van der Waals surface area contributed by atoms with Crippen molar-refractivity contribution < 1.29 is 9.53 Å². The number of thiophene rings is 1. The zero-order valence-electron chi connectivity index (χ0n) is 14.0. The molecule has 0 unspecified atom stereocenters. The summed E-state index contributed by atoms with van der Waals surface area (Å²) in [5, 5.41) is 1.03. The Morgan fingerprint density at radius 1 is 1.29 bits per heavy atom. The van der Waals surface area contributed by atoms with Crippen molar-refractivity contribution >= 4 is 27.5 Å². The predicted octanol–water partition coefficient (Wildman–Crippen LogP) is 3.55. The van der Waals surface area contributed by atoms with E-state index >= 15 is 0 Å². The largest absolute Gasteiger partial charge is 0.474 e. The molecule has 2 aliphatic carbocycles. The van der Waals surface area contributed by atoms with Gasteiger partial charge in [0, 0.05) is 11.3 Å². The van der Waals surface area contributed by atoms with Crippen LogP contribution in [-0.2, 0) is 11.2 Å². The van der Waals surface area contributed by atoms with Crippen molar-refractivity contribution in [2.45, 2.75) is 63.9 Å². The van der Waals surface area contributed by atoms with Crippen molar-refractivity contribution in [3.8, 4) is 5.88 Å². The number of hydrogen-bond acceptors (Lipinski definition) is 5. The van der Waals surface area contributed by atoms with E-state index in [1.807, 2.05) is 0 Å². The fraction of sp³-hybridized carbons (Fsp3) is 0.611. The summed E-state index contributed by atoms with van der Waals surface area (Å²) in [5.41, 5.74) is 6.66. The Kier molecular flexibility index (Phi) is 4.16. The van der Waals surface area contributed by atoms with Gasteiger partial charge in [-0.1, -0.05) is 6.92 Å². The summed E-state index contributed by atoms with van der Waals surface area (Å²) < 4.78 is 6.29. The second-order valence-electron chi connectivity index (χ2n) is 7.20. The number of aryl methyl sites for hydroxylation is 1. The van der Waals surface area contributed by atoms with E-state index in [1.54, 1.807) is 17.7 Å². The first-order valence-corrected chi connectivity index (χ1v) is 9.64. The number of nitrogens with zero attached hydrogens (tertiary/aromatic N) is 2. The van der Waals surface area contributed by atoms with Crippen molar-refractivity contribution in [3.63, 3.8) is 0 Å². The molecule has 0 radical (unpaired) electrons. The third-order valence-corrected chi connectivity index (χ3v) is 6.56. The fourth-order valence-corrected chi connectivity index (χ4v) is 5.31. The van der Waals surface area contributed by atoms with Gasteiger partial charge < -0.3 is 10.5 Å². The van der Waals surface area contributed by atoms with Gasteiger partial charge in [0.15, 0.2) is 0 Å². The molecule has 0 aliphatic heterocycles. The SMILES string of the molecule is CC1CCC(Oc2ncnc3sc4c(c23)[C@@H](CC(N)=O)CC4)CC1. The van der Waals surface area contributed by atoms with E-state index in [0.29, 0.717) is 12.3 Å². The van der Waals surface area contributed by atoms with Gasteiger partial charge in [-0.15, -0.1) is 11.3 Å². The van der Waals surface area contributed by atoms with Crippen LogP contribution < -0.4 is 10.5 Å². The predicted molar refractivity (Wildman–Crippen MR) is 94.3 cm³/mol. The molecule has 0 saturated heterocycles. The van der Waals surface area contributed by atoms with Crippen molar-refractivity contribution in [2.75, 3.05) is 0 Å². The molecule has 128 valence electrons. The standard InChI is InChI=1S/C18H23N3O2S/c1-10-2-5-12(6-3-10)23-17-16-15-11(8-14(19)22)4-7-13(15)24-18(16)21-9-20-17/h9-12H,2-8H2,1H3,(H2,19,22)/t10?,11-,12?/m1/s1. The van der Waals surface area contributed by atoms with Crippen molar-refractivity contribution in [1.29, 1.82) is 0 Å². The van der Waals surface area contributed by atoms with Crippen LogP contribution in [-0.4, -0.2) is 22.0 Å². The van der Waals surface area contributed by atoms with E-state index in [-0.39, 0.29) is 17.9 Å². The third-order valence-electron chi connectivity index (χ3n) is 5.38. The number of nitrogens with two attached hydrogens (primary N) is 1. The Morgan fingerprint density at radius 2 is 2.08 bits per heavy atom. The minimum atomic E-state index is -0.243. The minimum absolute atomic E-state index is 0.186.